The Kier molecular flexibility index (Phi) is 10.9. The van der Waals surface area contributed by atoms with E-state index in [0.29, 0.717) is 55.2 Å². The van der Waals surface area contributed by atoms with E-state index in [0.717, 1.165) is 31.8 Å². The summed E-state index contributed by atoms with van der Waals surface area (Å²) < 4.78 is 41.4. The van der Waals surface area contributed by atoms with Crippen molar-refractivity contribution in [2.24, 2.45) is 0 Å². The molecule has 0 saturated carbocycles. The van der Waals surface area contributed by atoms with Crippen molar-refractivity contribution in [3.05, 3.63) is 52.2 Å². The van der Waals surface area contributed by atoms with Gasteiger partial charge in [0.2, 0.25) is 16.0 Å². The lowest BCUT2D eigenvalue weighted by atomic mass is 10.1. The molecule has 10 nitrogen and oxygen atoms in total. The van der Waals surface area contributed by atoms with Crippen LogP contribution in [0.3, 0.4) is 0 Å². The molecule has 2 aromatic rings. The molecule has 0 amide bonds. The van der Waals surface area contributed by atoms with Gasteiger partial charge in [0.05, 0.1) is 29.1 Å². The Hall–Kier alpha value is -2.86. The number of nitrogens with one attached hydrogen (secondary N) is 3. The molecule has 2 heterocycles. The Morgan fingerprint density at radius 3 is 2.68 bits per heavy atom. The first-order chi connectivity index (χ1) is 19.8. The lowest BCUT2D eigenvalue weighted by Crippen LogP contribution is -2.35. The predicted molar refractivity (Wildman–Crippen MR) is 165 cm³/mol. The summed E-state index contributed by atoms with van der Waals surface area (Å²) in [5, 5.41) is 6.60. The van der Waals surface area contributed by atoms with E-state index in [4.69, 9.17) is 21.1 Å². The first-order valence-electron chi connectivity index (χ1n) is 14.4. The van der Waals surface area contributed by atoms with Gasteiger partial charge < -0.3 is 20.1 Å². The van der Waals surface area contributed by atoms with E-state index in [-0.39, 0.29) is 28.0 Å². The van der Waals surface area contributed by atoms with Crippen molar-refractivity contribution >= 4 is 39.1 Å². The zero-order chi connectivity index (χ0) is 29.4. The number of rotatable bonds is 14. The molecule has 1 fully saturated rings. The van der Waals surface area contributed by atoms with Gasteiger partial charge in [-0.3, -0.25) is 4.90 Å². The van der Waals surface area contributed by atoms with Crippen LogP contribution in [0.15, 0.2) is 47.2 Å². The number of hydrogen-bond acceptors (Lipinski definition) is 9. The third-order valence-electron chi connectivity index (χ3n) is 7.23. The van der Waals surface area contributed by atoms with Crippen molar-refractivity contribution in [2.45, 2.75) is 71.9 Å². The van der Waals surface area contributed by atoms with Gasteiger partial charge in [-0.1, -0.05) is 38.4 Å². The molecule has 1 saturated heterocycles. The number of nitrogens with zero attached hydrogens (tertiary/aromatic N) is 3. The molecular weight excluding hydrogens is 564 g/mol. The van der Waals surface area contributed by atoms with Crippen LogP contribution >= 0.6 is 11.6 Å². The van der Waals surface area contributed by atoms with Gasteiger partial charge in [0, 0.05) is 25.2 Å². The van der Waals surface area contributed by atoms with Gasteiger partial charge in [-0.2, -0.15) is 4.98 Å². The highest BCUT2D eigenvalue weighted by molar-refractivity contribution is 7.93. The lowest BCUT2D eigenvalue weighted by molar-refractivity contribution is 0.201. The van der Waals surface area contributed by atoms with Gasteiger partial charge in [-0.25, -0.2) is 18.1 Å². The second kappa shape index (κ2) is 14.4. The second-order valence-corrected chi connectivity index (χ2v) is 12.2. The summed E-state index contributed by atoms with van der Waals surface area (Å²) in [6, 6.07) is 5.52. The molecule has 0 radical (unpaired) electrons. The Bertz CT molecular complexity index is 1360. The van der Waals surface area contributed by atoms with E-state index < -0.39 is 10.0 Å². The van der Waals surface area contributed by atoms with Gasteiger partial charge in [-0.15, -0.1) is 0 Å². The molecule has 0 spiro atoms. The van der Waals surface area contributed by atoms with Gasteiger partial charge in [-0.05, 0) is 63.8 Å². The largest absolute Gasteiger partial charge is 0.492 e. The molecule has 2 aliphatic rings. The van der Waals surface area contributed by atoms with E-state index in [1.54, 1.807) is 6.08 Å². The lowest BCUT2D eigenvalue weighted by Gasteiger charge is -2.21. The standard InChI is InChI=1S/C29H41ClN6O4S/c1-5-20(6-2)35-41(37,38)27-12-10-9-11-25(27)32-28-23(30)18-31-29(34-28)33-24-14-13-21(17-26(24)39-8-4)40-22-15-16-36(7-3)19-22/h9,11,13-14,17-18,20,22,35H,5-8,10,12,15-16,19H2,1-4H3,(H2,31,32,33,34). The molecule has 1 aliphatic heterocycles. The van der Waals surface area contributed by atoms with Crippen LogP contribution in [0.2, 0.25) is 5.02 Å². The normalized spacial score (nSPS) is 17.8. The maximum absolute atomic E-state index is 13.2. The zero-order valence-electron chi connectivity index (χ0n) is 24.2. The van der Waals surface area contributed by atoms with Crippen molar-refractivity contribution in [1.82, 2.24) is 19.6 Å². The minimum absolute atomic E-state index is 0.126. The van der Waals surface area contributed by atoms with Gasteiger partial charge in [0.25, 0.3) is 0 Å². The molecule has 12 heteroatoms. The Labute approximate surface area is 248 Å². The summed E-state index contributed by atoms with van der Waals surface area (Å²) in [6.45, 7) is 11.5. The minimum Gasteiger partial charge on any atom is -0.492 e. The summed E-state index contributed by atoms with van der Waals surface area (Å²) in [4.78, 5) is 11.5. The third kappa shape index (κ3) is 8.12. The molecular formula is C29H41ClN6O4S. The number of likely N-dealkylation sites (N-methyl/N-ethyl adjacent to an activating group) is 1. The highest BCUT2D eigenvalue weighted by Gasteiger charge is 2.26. The molecule has 4 rings (SSSR count). The number of benzene rings is 1. The summed E-state index contributed by atoms with van der Waals surface area (Å²) in [5.74, 6) is 1.93. The predicted octanol–water partition coefficient (Wildman–Crippen LogP) is 5.83. The SMILES string of the molecule is CCOc1cc(OC2CCN(CC)C2)ccc1Nc1ncc(Cl)c(NC2=C(S(=O)(=O)NC(CC)CC)CCC=C2)n1. The quantitative estimate of drug-likeness (QED) is 0.245. The second-order valence-electron chi connectivity index (χ2n) is 10.1. The number of ether oxygens (including phenoxy) is 2. The molecule has 0 bridgehead atoms. The number of aromatic nitrogens is 2. The van der Waals surface area contributed by atoms with E-state index >= 15 is 0 Å². The van der Waals surface area contributed by atoms with E-state index in [2.05, 4.69) is 37.1 Å². The summed E-state index contributed by atoms with van der Waals surface area (Å²) >= 11 is 6.44. The molecule has 224 valence electrons. The van der Waals surface area contributed by atoms with Crippen LogP contribution in [0.4, 0.5) is 17.5 Å². The fourth-order valence-corrected chi connectivity index (χ4v) is 6.72. The van der Waals surface area contributed by atoms with E-state index in [1.807, 2.05) is 45.0 Å². The van der Waals surface area contributed by atoms with Crippen LogP contribution in [0.25, 0.3) is 0 Å². The molecule has 1 atom stereocenters. The Morgan fingerprint density at radius 1 is 1.17 bits per heavy atom. The summed E-state index contributed by atoms with van der Waals surface area (Å²) in [5.41, 5.74) is 1.11. The molecule has 41 heavy (non-hydrogen) atoms. The average Bonchev–Trinajstić information content (AvgIpc) is 3.42. The van der Waals surface area contributed by atoms with Crippen LogP contribution in [-0.2, 0) is 10.0 Å². The van der Waals surface area contributed by atoms with Gasteiger partial charge in [0.15, 0.2) is 5.82 Å². The number of allylic oxidation sites excluding steroid dienone is 3. The maximum Gasteiger partial charge on any atom is 0.239 e. The zero-order valence-corrected chi connectivity index (χ0v) is 25.8. The fourth-order valence-electron chi connectivity index (χ4n) is 4.87. The van der Waals surface area contributed by atoms with Crippen molar-refractivity contribution < 1.29 is 17.9 Å². The van der Waals surface area contributed by atoms with E-state index in [9.17, 15) is 8.42 Å². The minimum atomic E-state index is -3.69. The molecule has 1 unspecified atom stereocenters. The van der Waals surface area contributed by atoms with Gasteiger partial charge in [0.1, 0.15) is 22.6 Å². The van der Waals surface area contributed by atoms with E-state index in [1.165, 1.54) is 6.20 Å². The van der Waals surface area contributed by atoms with Crippen molar-refractivity contribution in [1.29, 1.82) is 0 Å². The van der Waals surface area contributed by atoms with Crippen molar-refractivity contribution in [3.8, 4) is 11.5 Å². The number of sulfonamides is 1. The van der Waals surface area contributed by atoms with Crippen LogP contribution in [0.1, 0.15) is 59.8 Å². The van der Waals surface area contributed by atoms with Crippen LogP contribution < -0.4 is 24.8 Å². The van der Waals surface area contributed by atoms with Crippen LogP contribution in [-0.4, -0.2) is 61.7 Å². The number of likely N-dealkylation sites (tertiary alicyclic amines) is 1. The smallest absolute Gasteiger partial charge is 0.239 e. The Morgan fingerprint density at radius 2 is 1.98 bits per heavy atom. The highest BCUT2D eigenvalue weighted by atomic mass is 35.5. The number of hydrogen-bond donors (Lipinski definition) is 3. The molecule has 1 aromatic carbocycles. The first-order valence-corrected chi connectivity index (χ1v) is 16.3. The number of halogens is 1. The molecule has 1 aromatic heterocycles. The van der Waals surface area contributed by atoms with Gasteiger partial charge >= 0.3 is 0 Å². The molecule has 1 aliphatic carbocycles. The van der Waals surface area contributed by atoms with Crippen LogP contribution in [0, 0.1) is 0 Å². The van der Waals surface area contributed by atoms with Crippen LogP contribution in [0.5, 0.6) is 11.5 Å². The monoisotopic (exact) mass is 604 g/mol. The summed E-state index contributed by atoms with van der Waals surface area (Å²) in [6.07, 6.45) is 8.74. The first kappa shape index (κ1) is 31.1. The fraction of sp³-hybridized carbons (Fsp3) is 0.517. The third-order valence-corrected chi connectivity index (χ3v) is 9.22. The summed E-state index contributed by atoms with van der Waals surface area (Å²) in [7, 11) is -3.69. The Balaban J connectivity index is 1.54. The average molecular weight is 605 g/mol. The van der Waals surface area contributed by atoms with Crippen molar-refractivity contribution in [2.75, 3.05) is 36.9 Å². The topological polar surface area (TPSA) is 118 Å². The number of anilines is 3. The molecule has 3 N–H and O–H groups in total. The maximum atomic E-state index is 13.2. The highest BCUT2D eigenvalue weighted by Crippen LogP contribution is 2.34. The van der Waals surface area contributed by atoms with Crippen molar-refractivity contribution in [3.63, 3.8) is 0 Å².